The van der Waals surface area contributed by atoms with Crippen molar-refractivity contribution < 1.29 is 17.6 Å². The van der Waals surface area contributed by atoms with E-state index in [-0.39, 0.29) is 25.7 Å². The molecule has 0 aliphatic carbocycles. The molecule has 5 rings (SSSR count). The molecule has 31 heavy (non-hydrogen) atoms. The zero-order valence-corrected chi connectivity index (χ0v) is 17.8. The minimum atomic E-state index is -3.41. The van der Waals surface area contributed by atoms with E-state index in [4.69, 9.17) is 4.42 Å². The van der Waals surface area contributed by atoms with Gasteiger partial charge in [-0.2, -0.15) is 0 Å². The fourth-order valence-electron chi connectivity index (χ4n) is 4.43. The summed E-state index contributed by atoms with van der Waals surface area (Å²) in [6, 6.07) is 7.24. The topological polar surface area (TPSA) is 112 Å². The third-order valence-electron chi connectivity index (χ3n) is 6.29. The first kappa shape index (κ1) is 20.1. The van der Waals surface area contributed by atoms with Crippen molar-refractivity contribution in [3.8, 4) is 0 Å². The number of piperidine rings is 1. The van der Waals surface area contributed by atoms with Gasteiger partial charge in [-0.15, -0.1) is 0 Å². The van der Waals surface area contributed by atoms with Crippen LogP contribution in [0.1, 0.15) is 30.1 Å². The fourth-order valence-corrected chi connectivity index (χ4v) is 6.31. The number of nitrogens with zero attached hydrogens (tertiary/aromatic N) is 3. The smallest absolute Gasteiger partial charge is 0.317 e. The van der Waals surface area contributed by atoms with Gasteiger partial charge in [0.25, 0.3) is 0 Å². The summed E-state index contributed by atoms with van der Waals surface area (Å²) in [6.07, 6.45) is 6.86. The van der Waals surface area contributed by atoms with Crippen LogP contribution in [0, 0.1) is 0 Å². The highest BCUT2D eigenvalue weighted by Crippen LogP contribution is 2.34. The van der Waals surface area contributed by atoms with Gasteiger partial charge in [-0.25, -0.2) is 22.5 Å². The molecule has 0 saturated carbocycles. The second kappa shape index (κ2) is 8.01. The Labute approximate surface area is 180 Å². The van der Waals surface area contributed by atoms with Gasteiger partial charge in [0.15, 0.2) is 0 Å². The van der Waals surface area contributed by atoms with Crippen molar-refractivity contribution in [1.29, 1.82) is 0 Å². The molecule has 0 radical (unpaired) electrons. The Morgan fingerprint density at radius 3 is 2.77 bits per heavy atom. The third kappa shape index (κ3) is 3.81. The molecule has 0 unspecified atom stereocenters. The van der Waals surface area contributed by atoms with Gasteiger partial charge < -0.3 is 19.6 Å². The Hall–Kier alpha value is -2.85. The summed E-state index contributed by atoms with van der Waals surface area (Å²) in [7, 11) is -3.41. The van der Waals surface area contributed by atoms with E-state index in [1.165, 1.54) is 10.5 Å². The highest BCUT2D eigenvalue weighted by atomic mass is 32.2. The van der Waals surface area contributed by atoms with Gasteiger partial charge in [-0.05, 0) is 48.6 Å². The van der Waals surface area contributed by atoms with Crippen LogP contribution in [0.15, 0.2) is 47.3 Å². The minimum Gasteiger partial charge on any atom is -0.467 e. The van der Waals surface area contributed by atoms with Gasteiger partial charge in [-0.3, -0.25) is 0 Å². The summed E-state index contributed by atoms with van der Waals surface area (Å²) in [6.45, 7) is 1.74. The van der Waals surface area contributed by atoms with E-state index in [1.807, 2.05) is 12.3 Å². The van der Waals surface area contributed by atoms with E-state index in [0.717, 1.165) is 23.9 Å². The number of aromatic nitrogens is 2. The molecule has 2 fully saturated rings. The van der Waals surface area contributed by atoms with Crippen molar-refractivity contribution in [1.82, 2.24) is 24.5 Å². The summed E-state index contributed by atoms with van der Waals surface area (Å²) in [5.41, 5.74) is 2.08. The van der Waals surface area contributed by atoms with Crippen molar-refractivity contribution in [2.75, 3.05) is 26.2 Å². The normalized spacial score (nSPS) is 18.9. The average Bonchev–Trinajstić information content (AvgIpc) is 3.41. The molecule has 3 aromatic rings. The van der Waals surface area contributed by atoms with Gasteiger partial charge >= 0.3 is 6.03 Å². The van der Waals surface area contributed by atoms with Crippen molar-refractivity contribution in [3.05, 3.63) is 54.2 Å². The molecular formula is C21H25N5O4S. The SMILES string of the molecule is O=C(NCc1ccco1)N1CC(S(=O)(=O)N2CCC(c3c[nH]c4ncccc34)CC2)C1. The largest absolute Gasteiger partial charge is 0.467 e. The Bertz CT molecular complexity index is 1160. The number of carbonyl (C=O) groups excluding carboxylic acids is 1. The van der Waals surface area contributed by atoms with Crippen LogP contribution >= 0.6 is 0 Å². The summed E-state index contributed by atoms with van der Waals surface area (Å²) in [4.78, 5) is 21.3. The van der Waals surface area contributed by atoms with E-state index in [0.29, 0.717) is 24.8 Å². The van der Waals surface area contributed by atoms with Gasteiger partial charge in [0.1, 0.15) is 16.7 Å². The summed E-state index contributed by atoms with van der Waals surface area (Å²) >= 11 is 0. The summed E-state index contributed by atoms with van der Waals surface area (Å²) in [5, 5.41) is 3.33. The van der Waals surface area contributed by atoms with Crippen molar-refractivity contribution >= 4 is 27.1 Å². The van der Waals surface area contributed by atoms with Gasteiger partial charge in [-0.1, -0.05) is 0 Å². The number of urea groups is 1. The van der Waals surface area contributed by atoms with Gasteiger partial charge in [0, 0.05) is 44.0 Å². The van der Waals surface area contributed by atoms with Crippen LogP contribution in [0.4, 0.5) is 4.79 Å². The number of carbonyl (C=O) groups is 1. The standard InChI is InChI=1S/C21H25N5O4S/c27-21(24-11-16-3-2-10-30-16)25-13-17(14-25)31(28,29)26-8-5-15(6-9-26)19-12-23-20-18(19)4-1-7-22-20/h1-4,7,10,12,15,17H,5-6,8-9,11,13-14H2,(H,22,23)(H,24,27). The number of fused-ring (bicyclic) bond motifs is 1. The van der Waals surface area contributed by atoms with Crippen LogP contribution in [-0.2, 0) is 16.6 Å². The lowest BCUT2D eigenvalue weighted by atomic mass is 9.90. The molecule has 2 aliphatic heterocycles. The molecule has 0 aromatic carbocycles. The molecule has 0 spiro atoms. The molecule has 10 heteroatoms. The number of nitrogens with one attached hydrogen (secondary N) is 2. The molecule has 2 aliphatic rings. The number of aromatic amines is 1. The molecule has 0 atom stereocenters. The molecule has 2 amide bonds. The van der Waals surface area contributed by atoms with Crippen LogP contribution in [0.25, 0.3) is 11.0 Å². The number of pyridine rings is 1. The lowest BCUT2D eigenvalue weighted by Gasteiger charge is -2.42. The molecule has 3 aromatic heterocycles. The fraction of sp³-hybridized carbons (Fsp3) is 0.429. The average molecular weight is 444 g/mol. The lowest BCUT2D eigenvalue weighted by Crippen LogP contribution is -2.62. The molecule has 0 bridgehead atoms. The number of sulfonamides is 1. The van der Waals surface area contributed by atoms with E-state index >= 15 is 0 Å². The van der Waals surface area contributed by atoms with Crippen LogP contribution < -0.4 is 5.32 Å². The Kier molecular flexibility index (Phi) is 5.19. The molecule has 9 nitrogen and oxygen atoms in total. The maximum absolute atomic E-state index is 13.0. The summed E-state index contributed by atoms with van der Waals surface area (Å²) < 4.78 is 32.8. The molecule has 5 heterocycles. The third-order valence-corrected chi connectivity index (χ3v) is 8.51. The monoisotopic (exact) mass is 443 g/mol. The second-order valence-corrected chi connectivity index (χ2v) is 10.3. The Morgan fingerprint density at radius 1 is 1.23 bits per heavy atom. The summed E-state index contributed by atoms with van der Waals surface area (Å²) in [5.74, 6) is 0.974. The lowest BCUT2D eigenvalue weighted by molar-refractivity contribution is 0.165. The molecular weight excluding hydrogens is 418 g/mol. The zero-order valence-electron chi connectivity index (χ0n) is 17.0. The maximum atomic E-state index is 13.0. The van der Waals surface area contributed by atoms with Crippen molar-refractivity contribution in [2.45, 2.75) is 30.6 Å². The Morgan fingerprint density at radius 2 is 2.03 bits per heavy atom. The van der Waals surface area contributed by atoms with Crippen LogP contribution in [0.5, 0.6) is 0 Å². The number of amides is 2. The highest BCUT2D eigenvalue weighted by molar-refractivity contribution is 7.89. The predicted octanol–water partition coefficient (Wildman–Crippen LogP) is 2.26. The number of likely N-dealkylation sites (tertiary alicyclic amines) is 1. The molecule has 2 saturated heterocycles. The number of hydrogen-bond acceptors (Lipinski definition) is 5. The first-order chi connectivity index (χ1) is 15.0. The van der Waals surface area contributed by atoms with E-state index in [2.05, 4.69) is 21.4 Å². The van der Waals surface area contributed by atoms with E-state index < -0.39 is 15.3 Å². The minimum absolute atomic E-state index is 0.223. The predicted molar refractivity (Wildman–Crippen MR) is 115 cm³/mol. The number of rotatable bonds is 5. The van der Waals surface area contributed by atoms with Crippen molar-refractivity contribution in [2.24, 2.45) is 0 Å². The quantitative estimate of drug-likeness (QED) is 0.628. The van der Waals surface area contributed by atoms with Crippen LogP contribution in [-0.4, -0.2) is 65.1 Å². The van der Waals surface area contributed by atoms with E-state index in [9.17, 15) is 13.2 Å². The number of furan rings is 1. The molecule has 164 valence electrons. The first-order valence-electron chi connectivity index (χ1n) is 10.5. The highest BCUT2D eigenvalue weighted by Gasteiger charge is 2.43. The Balaban J connectivity index is 1.14. The van der Waals surface area contributed by atoms with Crippen molar-refractivity contribution in [3.63, 3.8) is 0 Å². The second-order valence-electron chi connectivity index (χ2n) is 8.13. The van der Waals surface area contributed by atoms with Gasteiger partial charge in [0.2, 0.25) is 10.0 Å². The first-order valence-corrected chi connectivity index (χ1v) is 12.0. The number of hydrogen-bond donors (Lipinski definition) is 2. The molecule has 2 N–H and O–H groups in total. The number of H-pyrrole nitrogens is 1. The van der Waals surface area contributed by atoms with E-state index in [1.54, 1.807) is 28.9 Å². The maximum Gasteiger partial charge on any atom is 0.317 e. The van der Waals surface area contributed by atoms with Crippen LogP contribution in [0.3, 0.4) is 0 Å². The van der Waals surface area contributed by atoms with Gasteiger partial charge in [0.05, 0.1) is 12.8 Å². The van der Waals surface area contributed by atoms with Crippen LogP contribution in [0.2, 0.25) is 0 Å². The zero-order chi connectivity index (χ0) is 21.4.